The fourth-order valence-electron chi connectivity index (χ4n) is 3.93. The summed E-state index contributed by atoms with van der Waals surface area (Å²) in [5.41, 5.74) is 3.50. The van der Waals surface area contributed by atoms with Crippen LogP contribution >= 0.6 is 0 Å². The van der Waals surface area contributed by atoms with E-state index in [0.29, 0.717) is 5.92 Å². The van der Waals surface area contributed by atoms with Crippen LogP contribution in [0.15, 0.2) is 23.1 Å². The number of carbonyl (C=O) groups is 1. The van der Waals surface area contributed by atoms with Gasteiger partial charge in [-0.1, -0.05) is 20.8 Å². The summed E-state index contributed by atoms with van der Waals surface area (Å²) in [6.07, 6.45) is 5.02. The van der Waals surface area contributed by atoms with Crippen LogP contribution in [-0.4, -0.2) is 21.9 Å². The van der Waals surface area contributed by atoms with Gasteiger partial charge in [0.1, 0.15) is 5.75 Å². The SMILES string of the molecule is CC(=O)c1cn2c(cc1=O)-c1nc(C)c(OCC3CC3)cc1C[C@H]2C(C)(C)C. The van der Waals surface area contributed by atoms with Crippen molar-refractivity contribution in [3.63, 3.8) is 0 Å². The van der Waals surface area contributed by atoms with Crippen LogP contribution in [0.4, 0.5) is 0 Å². The van der Waals surface area contributed by atoms with Crippen LogP contribution < -0.4 is 10.2 Å². The molecule has 5 nitrogen and oxygen atoms in total. The van der Waals surface area contributed by atoms with Crippen molar-refractivity contribution in [1.29, 1.82) is 0 Å². The third-order valence-corrected chi connectivity index (χ3v) is 5.87. The van der Waals surface area contributed by atoms with Gasteiger partial charge in [0.05, 0.1) is 29.3 Å². The van der Waals surface area contributed by atoms with E-state index in [1.807, 2.05) is 6.92 Å². The fraction of sp³-hybridized carbons (Fsp3) is 0.522. The van der Waals surface area contributed by atoms with Crippen molar-refractivity contribution in [1.82, 2.24) is 9.55 Å². The molecule has 1 aliphatic carbocycles. The second-order valence-electron chi connectivity index (χ2n) is 9.32. The molecule has 4 rings (SSSR count). The van der Waals surface area contributed by atoms with Gasteiger partial charge in [-0.05, 0) is 56.1 Å². The Morgan fingerprint density at radius 3 is 2.61 bits per heavy atom. The second-order valence-corrected chi connectivity index (χ2v) is 9.32. The highest BCUT2D eigenvalue weighted by Crippen LogP contribution is 2.43. The zero-order valence-electron chi connectivity index (χ0n) is 17.3. The first kappa shape index (κ1) is 18.9. The molecule has 1 aliphatic heterocycles. The highest BCUT2D eigenvalue weighted by Gasteiger charge is 2.34. The smallest absolute Gasteiger partial charge is 0.193 e. The molecule has 2 aromatic heterocycles. The summed E-state index contributed by atoms with van der Waals surface area (Å²) < 4.78 is 8.12. The van der Waals surface area contributed by atoms with Gasteiger partial charge >= 0.3 is 0 Å². The molecular weight excluding hydrogens is 352 g/mol. The number of aromatic nitrogens is 2. The lowest BCUT2D eigenvalue weighted by Gasteiger charge is -2.38. The molecule has 1 saturated carbocycles. The van der Waals surface area contributed by atoms with Gasteiger partial charge in [0.25, 0.3) is 0 Å². The molecule has 2 aromatic rings. The van der Waals surface area contributed by atoms with E-state index in [-0.39, 0.29) is 28.2 Å². The number of aryl methyl sites for hydroxylation is 1. The van der Waals surface area contributed by atoms with Crippen molar-refractivity contribution < 1.29 is 9.53 Å². The first-order valence-electron chi connectivity index (χ1n) is 10.1. The van der Waals surface area contributed by atoms with Crippen LogP contribution in [-0.2, 0) is 6.42 Å². The number of fused-ring (bicyclic) bond motifs is 3. The van der Waals surface area contributed by atoms with Crippen molar-refractivity contribution in [3.05, 3.63) is 45.4 Å². The topological polar surface area (TPSA) is 61.2 Å². The van der Waals surface area contributed by atoms with Crippen LogP contribution in [0, 0.1) is 18.3 Å². The van der Waals surface area contributed by atoms with E-state index in [1.165, 1.54) is 19.8 Å². The zero-order chi connectivity index (χ0) is 20.2. The van der Waals surface area contributed by atoms with E-state index in [9.17, 15) is 9.59 Å². The molecule has 0 N–H and O–H groups in total. The molecule has 0 amide bonds. The molecule has 0 bridgehead atoms. The Balaban J connectivity index is 1.86. The van der Waals surface area contributed by atoms with Crippen molar-refractivity contribution in [2.45, 2.75) is 59.9 Å². The average molecular weight is 380 g/mol. The van der Waals surface area contributed by atoms with Crippen molar-refractivity contribution in [3.8, 4) is 17.1 Å². The summed E-state index contributed by atoms with van der Waals surface area (Å²) in [6.45, 7) is 10.7. The van der Waals surface area contributed by atoms with E-state index in [0.717, 1.165) is 41.4 Å². The predicted molar refractivity (Wildman–Crippen MR) is 109 cm³/mol. The van der Waals surface area contributed by atoms with Crippen LogP contribution in [0.1, 0.15) is 68.2 Å². The number of pyridine rings is 2. The number of carbonyl (C=O) groups excluding carboxylic acids is 1. The predicted octanol–water partition coefficient (Wildman–Crippen LogP) is 4.35. The van der Waals surface area contributed by atoms with Crippen molar-refractivity contribution in [2.24, 2.45) is 11.3 Å². The molecule has 0 unspecified atom stereocenters. The van der Waals surface area contributed by atoms with Gasteiger partial charge in [-0.3, -0.25) is 9.59 Å². The molecule has 5 heteroatoms. The number of ether oxygens (including phenoxy) is 1. The summed E-state index contributed by atoms with van der Waals surface area (Å²) in [7, 11) is 0. The summed E-state index contributed by atoms with van der Waals surface area (Å²) >= 11 is 0. The summed E-state index contributed by atoms with van der Waals surface area (Å²) in [6, 6.07) is 3.80. The maximum atomic E-state index is 12.5. The minimum absolute atomic E-state index is 0.0461. The summed E-state index contributed by atoms with van der Waals surface area (Å²) in [5.74, 6) is 1.32. The van der Waals surface area contributed by atoms with Gasteiger partial charge in [-0.15, -0.1) is 0 Å². The highest BCUT2D eigenvalue weighted by molar-refractivity contribution is 5.94. The van der Waals surface area contributed by atoms with E-state index < -0.39 is 0 Å². The Hall–Kier alpha value is -2.43. The lowest BCUT2D eigenvalue weighted by atomic mass is 9.79. The molecule has 0 spiro atoms. The van der Waals surface area contributed by atoms with Crippen LogP contribution in [0.5, 0.6) is 5.75 Å². The fourth-order valence-corrected chi connectivity index (χ4v) is 3.93. The van der Waals surface area contributed by atoms with Crippen LogP contribution in [0.2, 0.25) is 0 Å². The molecule has 0 radical (unpaired) electrons. The van der Waals surface area contributed by atoms with Crippen molar-refractivity contribution >= 4 is 5.78 Å². The Morgan fingerprint density at radius 2 is 2.00 bits per heavy atom. The van der Waals surface area contributed by atoms with Crippen LogP contribution in [0.25, 0.3) is 11.4 Å². The number of rotatable bonds is 4. The van der Waals surface area contributed by atoms with E-state index in [4.69, 9.17) is 9.72 Å². The standard InChI is InChI=1S/C23H28N2O3/c1-13-20(28-12-15-6-7-15)8-16-9-21(23(3,4)5)25-11-17(14(2)26)19(27)10-18(25)22(16)24-13/h8,10-11,15,21H,6-7,9,12H2,1-5H3/t21-/m0/s1. The first-order valence-corrected chi connectivity index (χ1v) is 10.1. The molecule has 1 atom stereocenters. The van der Waals surface area contributed by atoms with Gasteiger partial charge in [-0.2, -0.15) is 0 Å². The first-order chi connectivity index (χ1) is 13.1. The van der Waals surface area contributed by atoms with E-state index in [2.05, 4.69) is 31.4 Å². The molecule has 0 saturated heterocycles. The normalized spacial score (nSPS) is 18.4. The lowest BCUT2D eigenvalue weighted by molar-refractivity contribution is 0.101. The number of ketones is 1. The Morgan fingerprint density at radius 1 is 1.29 bits per heavy atom. The highest BCUT2D eigenvalue weighted by atomic mass is 16.5. The van der Waals surface area contributed by atoms with Gasteiger partial charge in [0.15, 0.2) is 11.2 Å². The van der Waals surface area contributed by atoms with Gasteiger partial charge < -0.3 is 9.30 Å². The van der Waals surface area contributed by atoms with Crippen molar-refractivity contribution in [2.75, 3.05) is 6.61 Å². The molecule has 3 heterocycles. The largest absolute Gasteiger partial charge is 0.491 e. The Labute approximate surface area is 165 Å². The Kier molecular flexibility index (Phi) is 4.44. The summed E-state index contributed by atoms with van der Waals surface area (Å²) in [4.78, 5) is 29.3. The maximum Gasteiger partial charge on any atom is 0.193 e. The lowest BCUT2D eigenvalue weighted by Crippen LogP contribution is -2.33. The molecule has 148 valence electrons. The quantitative estimate of drug-likeness (QED) is 0.740. The van der Waals surface area contributed by atoms with Gasteiger partial charge in [0.2, 0.25) is 0 Å². The zero-order valence-corrected chi connectivity index (χ0v) is 17.3. The number of nitrogens with zero attached hydrogens (tertiary/aromatic N) is 2. The third kappa shape index (κ3) is 3.38. The number of hydrogen-bond acceptors (Lipinski definition) is 4. The molecule has 0 aromatic carbocycles. The Bertz CT molecular complexity index is 1010. The van der Waals surface area contributed by atoms with Gasteiger partial charge in [0, 0.05) is 18.3 Å². The molecule has 2 aliphatic rings. The molecule has 28 heavy (non-hydrogen) atoms. The van der Waals surface area contributed by atoms with Crippen LogP contribution in [0.3, 0.4) is 0 Å². The van der Waals surface area contributed by atoms with E-state index in [1.54, 1.807) is 12.3 Å². The van der Waals surface area contributed by atoms with E-state index >= 15 is 0 Å². The molecule has 1 fully saturated rings. The summed E-state index contributed by atoms with van der Waals surface area (Å²) in [5, 5.41) is 0. The average Bonchev–Trinajstić information content (AvgIpc) is 3.42. The minimum Gasteiger partial charge on any atom is -0.491 e. The second kappa shape index (κ2) is 6.57. The van der Waals surface area contributed by atoms with Gasteiger partial charge in [-0.25, -0.2) is 4.98 Å². The number of hydrogen-bond donors (Lipinski definition) is 0. The third-order valence-electron chi connectivity index (χ3n) is 5.87. The molecular formula is C23H28N2O3. The monoisotopic (exact) mass is 380 g/mol. The maximum absolute atomic E-state index is 12.5. The number of Topliss-reactive ketones (excluding diaryl/α,β-unsaturated/α-hetero) is 1. The minimum atomic E-state index is -0.243.